The second kappa shape index (κ2) is 12.8. The lowest BCUT2D eigenvalue weighted by atomic mass is 9.94. The van der Waals surface area contributed by atoms with E-state index in [1.54, 1.807) is 13.8 Å². The SMILES string of the molecule is COCP(=O)(N[C@@H](C)C(=O)OCOC(=O)OC(C)C)Oc1c(C(C)C)cccc1C(C)C. The molecule has 2 atom stereocenters. The molecule has 0 fully saturated rings. The molecular formula is C22H36NO8P. The van der Waals surface area contributed by atoms with E-state index >= 15 is 0 Å². The number of methoxy groups -OCH3 is 1. The molecule has 0 heterocycles. The van der Waals surface area contributed by atoms with Crippen LogP contribution in [0.2, 0.25) is 0 Å². The first-order valence-electron chi connectivity index (χ1n) is 10.6. The number of hydrogen-bond donors (Lipinski definition) is 1. The van der Waals surface area contributed by atoms with E-state index in [-0.39, 0.29) is 24.3 Å². The van der Waals surface area contributed by atoms with Gasteiger partial charge in [-0.15, -0.1) is 0 Å². The molecule has 0 aliphatic heterocycles. The van der Waals surface area contributed by atoms with Gasteiger partial charge in [-0.2, -0.15) is 0 Å². The van der Waals surface area contributed by atoms with E-state index in [1.165, 1.54) is 14.0 Å². The molecule has 0 radical (unpaired) electrons. The van der Waals surface area contributed by atoms with Gasteiger partial charge in [0.2, 0.25) is 6.79 Å². The van der Waals surface area contributed by atoms with Crippen LogP contribution in [0.25, 0.3) is 0 Å². The van der Waals surface area contributed by atoms with Gasteiger partial charge in [-0.25, -0.2) is 9.88 Å². The molecule has 0 saturated carbocycles. The summed E-state index contributed by atoms with van der Waals surface area (Å²) in [5.41, 5.74) is 1.81. The van der Waals surface area contributed by atoms with Crippen LogP contribution in [-0.4, -0.2) is 44.5 Å². The van der Waals surface area contributed by atoms with E-state index in [4.69, 9.17) is 18.7 Å². The molecule has 32 heavy (non-hydrogen) atoms. The Morgan fingerprint density at radius 1 is 0.969 bits per heavy atom. The Balaban J connectivity index is 2.95. The minimum atomic E-state index is -3.66. The van der Waals surface area contributed by atoms with Crippen LogP contribution in [0.3, 0.4) is 0 Å². The summed E-state index contributed by atoms with van der Waals surface area (Å²) < 4.78 is 39.1. The van der Waals surface area contributed by atoms with Gasteiger partial charge in [0.25, 0.3) is 0 Å². The quantitative estimate of drug-likeness (QED) is 0.250. The Morgan fingerprint density at radius 3 is 2.00 bits per heavy atom. The van der Waals surface area contributed by atoms with Crippen LogP contribution in [0.15, 0.2) is 18.2 Å². The smallest absolute Gasteiger partial charge is 0.431 e. The molecule has 0 amide bonds. The molecule has 1 aromatic carbocycles. The number of benzene rings is 1. The van der Waals surface area contributed by atoms with Crippen LogP contribution < -0.4 is 9.61 Å². The van der Waals surface area contributed by atoms with E-state index in [0.717, 1.165) is 11.1 Å². The number of nitrogens with one attached hydrogen (secondary N) is 1. The summed E-state index contributed by atoms with van der Waals surface area (Å²) in [5.74, 6) is 0.00359. The highest BCUT2D eigenvalue weighted by Crippen LogP contribution is 2.48. The van der Waals surface area contributed by atoms with Crippen molar-refractivity contribution in [2.75, 3.05) is 20.3 Å². The molecule has 1 unspecified atom stereocenters. The van der Waals surface area contributed by atoms with E-state index < -0.39 is 32.5 Å². The zero-order valence-corrected chi connectivity index (χ0v) is 21.1. The maximum atomic E-state index is 13.6. The summed E-state index contributed by atoms with van der Waals surface area (Å²) in [6.45, 7) is 12.2. The van der Waals surface area contributed by atoms with Crippen molar-refractivity contribution in [2.24, 2.45) is 0 Å². The Hall–Kier alpha value is -2.09. The van der Waals surface area contributed by atoms with E-state index in [9.17, 15) is 14.2 Å². The van der Waals surface area contributed by atoms with Crippen molar-refractivity contribution in [2.45, 2.75) is 72.4 Å². The molecule has 9 nitrogen and oxygen atoms in total. The van der Waals surface area contributed by atoms with Crippen LogP contribution in [0.5, 0.6) is 5.75 Å². The third-order valence-corrected chi connectivity index (χ3v) is 6.17. The number of hydrogen-bond acceptors (Lipinski definition) is 8. The normalized spacial score (nSPS) is 14.2. The molecule has 1 aromatic rings. The Kier molecular flexibility index (Phi) is 11.2. The van der Waals surface area contributed by atoms with Gasteiger partial charge < -0.3 is 23.5 Å². The van der Waals surface area contributed by atoms with Crippen molar-refractivity contribution >= 4 is 19.6 Å². The molecule has 0 saturated heterocycles. The van der Waals surface area contributed by atoms with Gasteiger partial charge in [0, 0.05) is 7.11 Å². The van der Waals surface area contributed by atoms with Crippen molar-refractivity contribution in [1.29, 1.82) is 0 Å². The predicted octanol–water partition coefficient (Wildman–Crippen LogP) is 5.15. The first-order valence-corrected chi connectivity index (χ1v) is 12.4. The maximum absolute atomic E-state index is 13.6. The lowest BCUT2D eigenvalue weighted by Gasteiger charge is -2.27. The van der Waals surface area contributed by atoms with Gasteiger partial charge in [-0.3, -0.25) is 9.36 Å². The molecule has 1 rings (SSSR count). The minimum Gasteiger partial charge on any atom is -0.431 e. The molecular weight excluding hydrogens is 437 g/mol. The average molecular weight is 474 g/mol. The minimum absolute atomic E-state index is 0.129. The maximum Gasteiger partial charge on any atom is 0.511 e. The standard InChI is InChI=1S/C22H36NO8P/c1-14(2)18-10-9-11-19(15(3)4)20(18)31-32(26,13-27-8)23-17(7)21(24)28-12-29-22(25)30-16(5)6/h9-11,14-17H,12-13H2,1-8H3,(H,23,26)/t17-,32?/m0/s1. The zero-order chi connectivity index (χ0) is 24.5. The summed E-state index contributed by atoms with van der Waals surface area (Å²) in [7, 11) is -2.26. The number of rotatable bonds is 12. The number of para-hydroxylation sites is 1. The van der Waals surface area contributed by atoms with Crippen molar-refractivity contribution in [3.8, 4) is 5.75 Å². The fourth-order valence-electron chi connectivity index (χ4n) is 2.83. The summed E-state index contributed by atoms with van der Waals surface area (Å²) in [6.07, 6.45) is -1.57. The number of carbonyl (C=O) groups is 2. The second-order valence-electron chi connectivity index (χ2n) is 8.25. The third-order valence-electron chi connectivity index (χ3n) is 4.31. The van der Waals surface area contributed by atoms with E-state index in [0.29, 0.717) is 5.75 Å². The highest BCUT2D eigenvalue weighted by Gasteiger charge is 2.32. The first-order chi connectivity index (χ1) is 14.9. The zero-order valence-electron chi connectivity index (χ0n) is 20.2. The number of esters is 1. The molecule has 10 heteroatoms. The number of carbonyl (C=O) groups excluding carboxylic acids is 2. The van der Waals surface area contributed by atoms with E-state index in [1.807, 2.05) is 45.9 Å². The second-order valence-corrected chi connectivity index (χ2v) is 10.3. The van der Waals surface area contributed by atoms with Gasteiger partial charge in [0.1, 0.15) is 18.1 Å². The highest BCUT2D eigenvalue weighted by atomic mass is 31.2. The van der Waals surface area contributed by atoms with Gasteiger partial charge in [0.15, 0.2) is 0 Å². The van der Waals surface area contributed by atoms with E-state index in [2.05, 4.69) is 9.82 Å². The lowest BCUT2D eigenvalue weighted by molar-refractivity contribution is -0.155. The summed E-state index contributed by atoms with van der Waals surface area (Å²) in [5, 5.41) is 2.71. The summed E-state index contributed by atoms with van der Waals surface area (Å²) >= 11 is 0. The van der Waals surface area contributed by atoms with Crippen LogP contribution >= 0.6 is 7.52 Å². The molecule has 182 valence electrons. The van der Waals surface area contributed by atoms with Crippen LogP contribution in [-0.2, 0) is 28.3 Å². The first kappa shape index (κ1) is 27.9. The Bertz CT molecular complexity index is 783. The van der Waals surface area contributed by atoms with Crippen molar-refractivity contribution in [1.82, 2.24) is 5.09 Å². The summed E-state index contributed by atoms with van der Waals surface area (Å²) in [6, 6.07) is 4.77. The lowest BCUT2D eigenvalue weighted by Crippen LogP contribution is -2.36. The van der Waals surface area contributed by atoms with Crippen LogP contribution in [0, 0.1) is 0 Å². The van der Waals surface area contributed by atoms with Crippen LogP contribution in [0.1, 0.15) is 71.4 Å². The molecule has 0 aliphatic carbocycles. The molecule has 0 spiro atoms. The monoisotopic (exact) mass is 473 g/mol. The fourth-order valence-corrected chi connectivity index (χ4v) is 4.55. The largest absolute Gasteiger partial charge is 0.511 e. The van der Waals surface area contributed by atoms with Gasteiger partial charge in [-0.05, 0) is 43.7 Å². The van der Waals surface area contributed by atoms with Gasteiger partial charge in [0.05, 0.1) is 6.10 Å². The van der Waals surface area contributed by atoms with Crippen LogP contribution in [0.4, 0.5) is 4.79 Å². The van der Waals surface area contributed by atoms with Gasteiger partial charge in [-0.1, -0.05) is 45.9 Å². The summed E-state index contributed by atoms with van der Waals surface area (Å²) in [4.78, 5) is 23.7. The Morgan fingerprint density at radius 2 is 1.53 bits per heavy atom. The van der Waals surface area contributed by atoms with Gasteiger partial charge >= 0.3 is 19.6 Å². The molecule has 1 N–H and O–H groups in total. The number of ether oxygens (including phenoxy) is 4. The molecule has 0 bridgehead atoms. The van der Waals surface area contributed by atoms with Crippen molar-refractivity contribution in [3.63, 3.8) is 0 Å². The molecule has 0 aliphatic rings. The average Bonchev–Trinajstić information content (AvgIpc) is 2.66. The van der Waals surface area contributed by atoms with Crippen molar-refractivity contribution < 1.29 is 37.6 Å². The third kappa shape index (κ3) is 8.81. The van der Waals surface area contributed by atoms with Crippen molar-refractivity contribution in [3.05, 3.63) is 29.3 Å². The topological polar surface area (TPSA) is 109 Å². The fraction of sp³-hybridized carbons (Fsp3) is 0.636. The predicted molar refractivity (Wildman–Crippen MR) is 121 cm³/mol. The molecule has 0 aromatic heterocycles. The highest BCUT2D eigenvalue weighted by molar-refractivity contribution is 7.57. The Labute approximate surface area is 190 Å².